The van der Waals surface area contributed by atoms with Gasteiger partial charge in [0.05, 0.1) is 5.57 Å². The zero-order chi connectivity index (χ0) is 17.8. The minimum absolute atomic E-state index is 0.247. The van der Waals surface area contributed by atoms with Gasteiger partial charge in [-0.05, 0) is 56.6 Å². The maximum absolute atomic E-state index is 12.2. The number of nitrogens with zero attached hydrogens (tertiary/aromatic N) is 3. The molecule has 0 bridgehead atoms. The number of nitrogens with one attached hydrogen (secondary N) is 3. The van der Waals surface area contributed by atoms with E-state index in [4.69, 9.17) is 0 Å². The van der Waals surface area contributed by atoms with Gasteiger partial charge in [-0.2, -0.15) is 5.10 Å². The average molecular weight is 338 g/mol. The lowest BCUT2D eigenvalue weighted by Gasteiger charge is -2.03. The second-order valence-electron chi connectivity index (χ2n) is 5.90. The van der Waals surface area contributed by atoms with Crippen molar-refractivity contribution in [3.05, 3.63) is 52.4 Å². The Hall–Kier alpha value is -2.80. The molecule has 0 fully saturated rings. The number of rotatable bonds is 6. The lowest BCUT2D eigenvalue weighted by molar-refractivity contribution is -0.116. The molecule has 3 heterocycles. The maximum Gasteiger partial charge on any atom is 0.273 e. The van der Waals surface area contributed by atoms with E-state index in [-0.39, 0.29) is 5.91 Å². The Kier molecular flexibility index (Phi) is 5.04. The second kappa shape index (κ2) is 7.40. The average Bonchev–Trinajstić information content (AvgIpc) is 3.11. The Balaban J connectivity index is 1.93. The van der Waals surface area contributed by atoms with Crippen molar-refractivity contribution in [3.8, 4) is 0 Å². The molecular formula is C18H22N6O. The highest BCUT2D eigenvalue weighted by molar-refractivity contribution is 6.32. The third kappa shape index (κ3) is 3.51. The predicted molar refractivity (Wildman–Crippen MR) is 97.2 cm³/mol. The van der Waals surface area contributed by atoms with Crippen molar-refractivity contribution < 1.29 is 4.79 Å². The number of carbonyl (C=O) groups excluding carboxylic acids is 1. The molecule has 0 saturated carbocycles. The fourth-order valence-corrected chi connectivity index (χ4v) is 2.93. The summed E-state index contributed by atoms with van der Waals surface area (Å²) < 4.78 is 0. The third-order valence-electron chi connectivity index (χ3n) is 4.27. The number of H-pyrrole nitrogens is 1. The highest BCUT2D eigenvalue weighted by Gasteiger charge is 2.26. The standard InChI is InChI=1S/C18H22N6O/c1-4-19-9-6-13-11(2)15(22-12(13)3)10-14-16(23-24-18(14)25)17-20-7-5-8-21-17/h5,7-8,10,19,22H,4,6,9H2,1-3H3,(H,24,25). The van der Waals surface area contributed by atoms with Crippen LogP contribution in [-0.4, -0.2) is 39.7 Å². The summed E-state index contributed by atoms with van der Waals surface area (Å²) in [6.45, 7) is 8.10. The third-order valence-corrected chi connectivity index (χ3v) is 4.27. The van der Waals surface area contributed by atoms with Crippen LogP contribution < -0.4 is 10.7 Å². The Morgan fingerprint density at radius 1 is 1.24 bits per heavy atom. The van der Waals surface area contributed by atoms with Gasteiger partial charge in [0.15, 0.2) is 5.82 Å². The summed E-state index contributed by atoms with van der Waals surface area (Å²) in [4.78, 5) is 24.0. The molecule has 3 N–H and O–H groups in total. The molecule has 0 saturated heterocycles. The van der Waals surface area contributed by atoms with E-state index in [0.29, 0.717) is 17.1 Å². The van der Waals surface area contributed by atoms with E-state index < -0.39 is 0 Å². The Bertz CT molecular complexity index is 835. The lowest BCUT2D eigenvalue weighted by Crippen LogP contribution is -2.16. The van der Waals surface area contributed by atoms with Crippen LogP contribution >= 0.6 is 0 Å². The lowest BCUT2D eigenvalue weighted by atomic mass is 10.0. The van der Waals surface area contributed by atoms with Crippen molar-refractivity contribution in [2.75, 3.05) is 13.1 Å². The first-order chi connectivity index (χ1) is 12.1. The zero-order valence-electron chi connectivity index (χ0n) is 14.7. The normalized spacial score (nSPS) is 15.6. The van der Waals surface area contributed by atoms with Gasteiger partial charge in [-0.1, -0.05) is 6.92 Å². The van der Waals surface area contributed by atoms with Crippen molar-refractivity contribution in [1.82, 2.24) is 25.7 Å². The number of carbonyl (C=O) groups is 1. The molecule has 0 spiro atoms. The van der Waals surface area contributed by atoms with Crippen LogP contribution in [0.5, 0.6) is 0 Å². The Morgan fingerprint density at radius 3 is 2.72 bits per heavy atom. The summed E-state index contributed by atoms with van der Waals surface area (Å²) in [7, 11) is 0. The van der Waals surface area contributed by atoms with Gasteiger partial charge in [0.25, 0.3) is 5.91 Å². The summed E-state index contributed by atoms with van der Waals surface area (Å²) >= 11 is 0. The van der Waals surface area contributed by atoms with Gasteiger partial charge in [0.2, 0.25) is 0 Å². The predicted octanol–water partition coefficient (Wildman–Crippen LogP) is 1.49. The first kappa shape index (κ1) is 17.0. The summed E-state index contributed by atoms with van der Waals surface area (Å²) in [5, 5.41) is 7.42. The Labute approximate surface area is 146 Å². The second-order valence-corrected chi connectivity index (χ2v) is 5.90. The zero-order valence-corrected chi connectivity index (χ0v) is 14.7. The van der Waals surface area contributed by atoms with Gasteiger partial charge in [0.1, 0.15) is 5.71 Å². The van der Waals surface area contributed by atoms with Gasteiger partial charge < -0.3 is 10.3 Å². The van der Waals surface area contributed by atoms with Crippen LogP contribution in [0.1, 0.15) is 35.3 Å². The smallest absolute Gasteiger partial charge is 0.273 e. The van der Waals surface area contributed by atoms with Crippen molar-refractivity contribution in [2.45, 2.75) is 27.2 Å². The molecule has 2 aromatic rings. The first-order valence-electron chi connectivity index (χ1n) is 8.38. The van der Waals surface area contributed by atoms with Crippen molar-refractivity contribution >= 4 is 17.7 Å². The highest BCUT2D eigenvalue weighted by atomic mass is 16.2. The number of aryl methyl sites for hydroxylation is 1. The topological polar surface area (TPSA) is 95.1 Å². The van der Waals surface area contributed by atoms with Gasteiger partial charge in [-0.15, -0.1) is 0 Å². The SMILES string of the molecule is CCNCCc1c(C)[nH]c(C=C2C(=O)NN=C2c2ncccn2)c1C. The van der Waals surface area contributed by atoms with E-state index in [9.17, 15) is 4.79 Å². The number of hydrazone groups is 1. The summed E-state index contributed by atoms with van der Waals surface area (Å²) in [6.07, 6.45) is 6.04. The van der Waals surface area contributed by atoms with Crippen LogP contribution in [0.15, 0.2) is 29.1 Å². The van der Waals surface area contributed by atoms with Crippen molar-refractivity contribution in [1.29, 1.82) is 0 Å². The minimum Gasteiger partial charge on any atom is -0.359 e. The van der Waals surface area contributed by atoms with Crippen molar-refractivity contribution in [2.24, 2.45) is 5.10 Å². The van der Waals surface area contributed by atoms with E-state index in [1.54, 1.807) is 18.5 Å². The molecule has 3 rings (SSSR count). The number of aromatic amines is 1. The number of aromatic nitrogens is 3. The molecule has 0 unspecified atom stereocenters. The van der Waals surface area contributed by atoms with E-state index in [0.717, 1.165) is 36.5 Å². The molecule has 7 heteroatoms. The molecule has 0 aromatic carbocycles. The van der Waals surface area contributed by atoms with Crippen LogP contribution in [-0.2, 0) is 11.2 Å². The molecule has 7 nitrogen and oxygen atoms in total. The monoisotopic (exact) mass is 338 g/mol. The quantitative estimate of drug-likeness (QED) is 0.549. The van der Waals surface area contributed by atoms with Crippen molar-refractivity contribution in [3.63, 3.8) is 0 Å². The number of amides is 1. The molecular weight excluding hydrogens is 316 g/mol. The highest BCUT2D eigenvalue weighted by Crippen LogP contribution is 2.22. The summed E-state index contributed by atoms with van der Waals surface area (Å²) in [6, 6.07) is 1.73. The molecule has 0 aliphatic carbocycles. The molecule has 0 radical (unpaired) electrons. The fourth-order valence-electron chi connectivity index (χ4n) is 2.93. The van der Waals surface area contributed by atoms with E-state index in [1.807, 2.05) is 6.08 Å². The van der Waals surface area contributed by atoms with Gasteiger partial charge in [-0.25, -0.2) is 15.4 Å². The molecule has 2 aromatic heterocycles. The summed E-state index contributed by atoms with van der Waals surface area (Å²) in [5.41, 5.74) is 7.89. The first-order valence-corrected chi connectivity index (χ1v) is 8.38. The molecule has 25 heavy (non-hydrogen) atoms. The maximum atomic E-state index is 12.2. The van der Waals surface area contributed by atoms with Crippen LogP contribution in [0.25, 0.3) is 6.08 Å². The minimum atomic E-state index is -0.247. The van der Waals surface area contributed by atoms with Gasteiger partial charge in [-0.3, -0.25) is 4.79 Å². The largest absolute Gasteiger partial charge is 0.359 e. The van der Waals surface area contributed by atoms with E-state index in [2.05, 4.69) is 51.6 Å². The molecule has 130 valence electrons. The van der Waals surface area contributed by atoms with Crippen LogP contribution in [0, 0.1) is 13.8 Å². The molecule has 0 atom stereocenters. The number of likely N-dealkylation sites (N-methyl/N-ethyl adjacent to an activating group) is 1. The molecule has 1 amide bonds. The molecule has 1 aliphatic rings. The van der Waals surface area contributed by atoms with Crippen LogP contribution in [0.3, 0.4) is 0 Å². The Morgan fingerprint density at radius 2 is 2.00 bits per heavy atom. The molecule has 1 aliphatic heterocycles. The summed E-state index contributed by atoms with van der Waals surface area (Å²) in [5.74, 6) is 0.184. The van der Waals surface area contributed by atoms with Crippen LogP contribution in [0.4, 0.5) is 0 Å². The van der Waals surface area contributed by atoms with E-state index in [1.165, 1.54) is 5.56 Å². The van der Waals surface area contributed by atoms with E-state index >= 15 is 0 Å². The van der Waals surface area contributed by atoms with Crippen LogP contribution in [0.2, 0.25) is 0 Å². The fraction of sp³-hybridized carbons (Fsp3) is 0.333. The van der Waals surface area contributed by atoms with Gasteiger partial charge >= 0.3 is 0 Å². The number of hydrogen-bond acceptors (Lipinski definition) is 5. The van der Waals surface area contributed by atoms with Gasteiger partial charge in [0, 0.05) is 23.8 Å². The number of hydrogen-bond donors (Lipinski definition) is 3.